The van der Waals surface area contributed by atoms with Crippen LogP contribution in [0.15, 0.2) is 29.6 Å². The molecule has 0 bridgehead atoms. The predicted octanol–water partition coefficient (Wildman–Crippen LogP) is 3.79. The molecule has 27 heavy (non-hydrogen) atoms. The predicted molar refractivity (Wildman–Crippen MR) is 111 cm³/mol. The molecule has 7 heteroatoms. The third-order valence-electron chi connectivity index (χ3n) is 4.82. The van der Waals surface area contributed by atoms with Gasteiger partial charge in [0.1, 0.15) is 0 Å². The number of nitrogens with zero attached hydrogens (tertiary/aromatic N) is 1. The van der Waals surface area contributed by atoms with Gasteiger partial charge in [0, 0.05) is 23.9 Å². The maximum absolute atomic E-state index is 12.9. The molecule has 0 saturated heterocycles. The van der Waals surface area contributed by atoms with Crippen molar-refractivity contribution in [2.75, 3.05) is 20.8 Å². The zero-order valence-corrected chi connectivity index (χ0v) is 17.6. The van der Waals surface area contributed by atoms with E-state index in [9.17, 15) is 4.79 Å². The topological polar surface area (TPSA) is 64.8 Å². The van der Waals surface area contributed by atoms with Gasteiger partial charge in [0.25, 0.3) is 0 Å². The molecule has 1 aromatic heterocycles. The smallest absolute Gasteiger partial charge is 0.223 e. The summed E-state index contributed by atoms with van der Waals surface area (Å²) in [5, 5.41) is 2.05. The number of amides is 1. The highest BCUT2D eigenvalue weighted by Crippen LogP contribution is 2.42. The number of methoxy groups -OCH3 is 2. The molecule has 2 aromatic rings. The van der Waals surface area contributed by atoms with E-state index in [1.54, 1.807) is 25.6 Å². The number of thiophene rings is 1. The average molecular weight is 411 g/mol. The Balaban J connectivity index is 0.00000261. The van der Waals surface area contributed by atoms with Crippen LogP contribution in [0.25, 0.3) is 0 Å². The van der Waals surface area contributed by atoms with Gasteiger partial charge >= 0.3 is 0 Å². The molecule has 2 unspecified atom stereocenters. The van der Waals surface area contributed by atoms with Crippen LogP contribution in [0.3, 0.4) is 0 Å². The average Bonchev–Trinajstić information content (AvgIpc) is 3.18. The second-order valence-corrected chi connectivity index (χ2v) is 7.66. The van der Waals surface area contributed by atoms with Crippen molar-refractivity contribution in [2.24, 2.45) is 5.73 Å². The van der Waals surface area contributed by atoms with E-state index in [0.29, 0.717) is 25.1 Å². The van der Waals surface area contributed by atoms with Crippen molar-refractivity contribution in [2.45, 2.75) is 38.3 Å². The van der Waals surface area contributed by atoms with Crippen molar-refractivity contribution in [3.63, 3.8) is 0 Å². The normalized spacial score (nSPS) is 16.9. The third-order valence-corrected chi connectivity index (χ3v) is 5.74. The Kier molecular flexibility index (Phi) is 7.53. The molecule has 2 N–H and O–H groups in total. The molecular formula is C20H27ClN2O3S. The number of hydrogen-bond acceptors (Lipinski definition) is 5. The summed E-state index contributed by atoms with van der Waals surface area (Å²) in [4.78, 5) is 16.1. The van der Waals surface area contributed by atoms with E-state index >= 15 is 0 Å². The number of halogens is 1. The van der Waals surface area contributed by atoms with Gasteiger partial charge in [-0.05, 0) is 54.5 Å². The van der Waals surface area contributed by atoms with Gasteiger partial charge in [-0.15, -0.1) is 23.7 Å². The van der Waals surface area contributed by atoms with E-state index in [0.717, 1.165) is 22.6 Å². The molecule has 0 aliphatic carbocycles. The number of ether oxygens (including phenoxy) is 2. The Hall–Kier alpha value is -1.76. The monoisotopic (exact) mass is 410 g/mol. The summed E-state index contributed by atoms with van der Waals surface area (Å²) in [6.07, 6.45) is 1.98. The number of nitrogens with two attached hydrogens (primary N) is 1. The highest BCUT2D eigenvalue weighted by molar-refractivity contribution is 7.10. The Morgan fingerprint density at radius 2 is 2.04 bits per heavy atom. The molecule has 2 atom stereocenters. The first-order chi connectivity index (χ1) is 12.5. The molecule has 0 saturated carbocycles. The molecular weight excluding hydrogens is 384 g/mol. The van der Waals surface area contributed by atoms with E-state index in [-0.39, 0.29) is 30.4 Å². The summed E-state index contributed by atoms with van der Waals surface area (Å²) < 4.78 is 11.0. The summed E-state index contributed by atoms with van der Waals surface area (Å²) in [5.74, 6) is 1.58. The number of fused-ring (bicyclic) bond motifs is 1. The zero-order valence-electron chi connectivity index (χ0n) is 15.9. The fourth-order valence-electron chi connectivity index (χ4n) is 3.46. The summed E-state index contributed by atoms with van der Waals surface area (Å²) >= 11 is 1.67. The minimum atomic E-state index is -0.0841. The van der Waals surface area contributed by atoms with Crippen LogP contribution in [0.5, 0.6) is 11.5 Å². The molecule has 1 aliphatic rings. The van der Waals surface area contributed by atoms with Gasteiger partial charge in [-0.2, -0.15) is 0 Å². The molecule has 0 spiro atoms. The summed E-state index contributed by atoms with van der Waals surface area (Å²) in [7, 11) is 3.28. The molecule has 0 radical (unpaired) electrons. The van der Waals surface area contributed by atoms with E-state index in [1.807, 2.05) is 30.0 Å². The molecule has 2 heterocycles. The highest BCUT2D eigenvalue weighted by Gasteiger charge is 2.33. The maximum Gasteiger partial charge on any atom is 0.223 e. The minimum absolute atomic E-state index is 0. The van der Waals surface area contributed by atoms with Crippen LogP contribution in [-0.4, -0.2) is 37.6 Å². The second kappa shape index (κ2) is 9.44. The van der Waals surface area contributed by atoms with E-state index in [4.69, 9.17) is 15.2 Å². The number of rotatable bonds is 6. The van der Waals surface area contributed by atoms with Crippen LogP contribution in [0.1, 0.15) is 41.8 Å². The number of hydrogen-bond donors (Lipinski definition) is 1. The van der Waals surface area contributed by atoms with Gasteiger partial charge in [0.2, 0.25) is 5.91 Å². The van der Waals surface area contributed by atoms with Gasteiger partial charge in [0.15, 0.2) is 11.5 Å². The number of benzene rings is 1. The molecule has 5 nitrogen and oxygen atoms in total. The van der Waals surface area contributed by atoms with E-state index < -0.39 is 0 Å². The van der Waals surface area contributed by atoms with Crippen LogP contribution < -0.4 is 15.2 Å². The van der Waals surface area contributed by atoms with Crippen molar-refractivity contribution in [1.82, 2.24) is 4.90 Å². The van der Waals surface area contributed by atoms with Gasteiger partial charge in [0.05, 0.1) is 20.3 Å². The lowest BCUT2D eigenvalue weighted by Crippen LogP contribution is -2.40. The van der Waals surface area contributed by atoms with E-state index in [1.165, 1.54) is 5.56 Å². The molecule has 148 valence electrons. The van der Waals surface area contributed by atoms with Gasteiger partial charge in [-0.3, -0.25) is 4.79 Å². The summed E-state index contributed by atoms with van der Waals surface area (Å²) in [5.41, 5.74) is 8.17. The van der Waals surface area contributed by atoms with Crippen LogP contribution >= 0.6 is 23.7 Å². The SMILES string of the molecule is COc1cc2c(cc1OC)C(c1cccs1)N(C(=O)CCC(C)N)CC2.Cl. The van der Waals surface area contributed by atoms with Crippen molar-refractivity contribution in [3.05, 3.63) is 45.6 Å². The standard InChI is InChI=1S/C20H26N2O3S.ClH/c1-13(21)6-7-19(23)22-9-8-14-11-16(24-2)17(25-3)12-15(14)20(22)18-5-4-10-26-18;/h4-5,10-13,20H,6-9,21H2,1-3H3;1H. The molecule has 0 fully saturated rings. The lowest BCUT2D eigenvalue weighted by Gasteiger charge is -2.37. The van der Waals surface area contributed by atoms with Crippen molar-refractivity contribution >= 4 is 29.7 Å². The Labute approximate surface area is 170 Å². The largest absolute Gasteiger partial charge is 0.493 e. The quantitative estimate of drug-likeness (QED) is 0.786. The second-order valence-electron chi connectivity index (χ2n) is 6.68. The van der Waals surface area contributed by atoms with Crippen LogP contribution in [0.2, 0.25) is 0 Å². The molecule has 1 amide bonds. The fourth-order valence-corrected chi connectivity index (χ4v) is 4.32. The van der Waals surface area contributed by atoms with Crippen LogP contribution in [0, 0.1) is 0 Å². The third kappa shape index (κ3) is 4.57. The van der Waals surface area contributed by atoms with Crippen molar-refractivity contribution < 1.29 is 14.3 Å². The summed E-state index contributed by atoms with van der Waals surface area (Å²) in [6, 6.07) is 8.12. The minimum Gasteiger partial charge on any atom is -0.493 e. The summed E-state index contributed by atoms with van der Waals surface area (Å²) in [6.45, 7) is 2.63. The fraction of sp³-hybridized carbons (Fsp3) is 0.450. The van der Waals surface area contributed by atoms with Gasteiger partial charge in [-0.1, -0.05) is 6.07 Å². The lowest BCUT2D eigenvalue weighted by molar-refractivity contribution is -0.133. The first-order valence-electron chi connectivity index (χ1n) is 8.88. The first kappa shape index (κ1) is 21.5. The maximum atomic E-state index is 12.9. The number of carbonyl (C=O) groups excluding carboxylic acids is 1. The molecule has 1 aliphatic heterocycles. The van der Waals surface area contributed by atoms with Gasteiger partial charge in [-0.25, -0.2) is 0 Å². The lowest BCUT2D eigenvalue weighted by atomic mass is 9.90. The Bertz CT molecular complexity index is 765. The number of carbonyl (C=O) groups is 1. The van der Waals surface area contributed by atoms with Crippen molar-refractivity contribution in [1.29, 1.82) is 0 Å². The van der Waals surface area contributed by atoms with Crippen LogP contribution in [-0.2, 0) is 11.2 Å². The van der Waals surface area contributed by atoms with E-state index in [2.05, 4.69) is 11.4 Å². The Morgan fingerprint density at radius 3 is 2.63 bits per heavy atom. The Morgan fingerprint density at radius 1 is 1.33 bits per heavy atom. The first-order valence-corrected chi connectivity index (χ1v) is 9.76. The van der Waals surface area contributed by atoms with Crippen molar-refractivity contribution in [3.8, 4) is 11.5 Å². The molecule has 3 rings (SSSR count). The molecule has 1 aromatic carbocycles. The van der Waals surface area contributed by atoms with Crippen LogP contribution in [0.4, 0.5) is 0 Å². The zero-order chi connectivity index (χ0) is 18.7. The van der Waals surface area contributed by atoms with Gasteiger partial charge < -0.3 is 20.1 Å². The highest BCUT2D eigenvalue weighted by atomic mass is 35.5.